The highest BCUT2D eigenvalue weighted by Gasteiger charge is 2.30. The van der Waals surface area contributed by atoms with Gasteiger partial charge in [0.05, 0.1) is 0 Å². The van der Waals surface area contributed by atoms with E-state index in [-0.39, 0.29) is 6.04 Å². The van der Waals surface area contributed by atoms with E-state index in [0.29, 0.717) is 10.8 Å². The molecule has 0 saturated carbocycles. The van der Waals surface area contributed by atoms with Gasteiger partial charge in [0.25, 0.3) is 0 Å². The largest absolute Gasteiger partial charge is 0.327 e. The fourth-order valence-electron chi connectivity index (χ4n) is 1.73. The van der Waals surface area contributed by atoms with Gasteiger partial charge in [-0.2, -0.15) is 11.8 Å². The van der Waals surface area contributed by atoms with Crippen molar-refractivity contribution in [2.45, 2.75) is 44.5 Å². The van der Waals surface area contributed by atoms with Gasteiger partial charge in [0, 0.05) is 35.7 Å². The minimum Gasteiger partial charge on any atom is -0.327 e. The lowest BCUT2D eigenvalue weighted by atomic mass is 10.1. The second-order valence-corrected chi connectivity index (χ2v) is 6.48. The first kappa shape index (κ1) is 11.3. The van der Waals surface area contributed by atoms with Crippen LogP contribution in [-0.2, 0) is 0 Å². The Morgan fingerprint density at radius 2 is 2.00 bits per heavy atom. The Balaban J connectivity index is 2.51. The van der Waals surface area contributed by atoms with E-state index in [1.807, 2.05) is 0 Å². The maximum atomic E-state index is 5.91. The molecular weight excluding hydrogens is 180 g/mol. The summed E-state index contributed by atoms with van der Waals surface area (Å²) in [5.74, 6) is 1.24. The van der Waals surface area contributed by atoms with Gasteiger partial charge in [-0.05, 0) is 27.7 Å². The van der Waals surface area contributed by atoms with Gasteiger partial charge in [0.1, 0.15) is 0 Å². The quantitative estimate of drug-likeness (QED) is 0.736. The predicted molar refractivity (Wildman–Crippen MR) is 61.2 cm³/mol. The lowest BCUT2D eigenvalue weighted by Crippen LogP contribution is -2.52. The van der Waals surface area contributed by atoms with E-state index < -0.39 is 0 Å². The Bertz CT molecular complexity index is 168. The van der Waals surface area contributed by atoms with Gasteiger partial charge in [-0.1, -0.05) is 0 Å². The molecule has 0 radical (unpaired) electrons. The summed E-state index contributed by atoms with van der Waals surface area (Å²) in [4.78, 5) is 2.52. The van der Waals surface area contributed by atoms with Crippen LogP contribution in [0.3, 0.4) is 0 Å². The van der Waals surface area contributed by atoms with Crippen molar-refractivity contribution < 1.29 is 0 Å². The third-order valence-electron chi connectivity index (χ3n) is 2.79. The van der Waals surface area contributed by atoms with Gasteiger partial charge >= 0.3 is 0 Å². The van der Waals surface area contributed by atoms with Gasteiger partial charge in [0.2, 0.25) is 0 Å². The molecule has 0 aliphatic carbocycles. The van der Waals surface area contributed by atoms with Gasteiger partial charge in [-0.15, -0.1) is 0 Å². The SMILES string of the molecule is CC(N)C(C)N1CCSC(C)(C)C1. The first-order chi connectivity index (χ1) is 5.92. The molecule has 1 saturated heterocycles. The van der Waals surface area contributed by atoms with Crippen molar-refractivity contribution in [2.75, 3.05) is 18.8 Å². The van der Waals surface area contributed by atoms with E-state index in [1.54, 1.807) is 0 Å². The lowest BCUT2D eigenvalue weighted by Gasteiger charge is -2.41. The van der Waals surface area contributed by atoms with Crippen molar-refractivity contribution in [1.82, 2.24) is 4.90 Å². The highest BCUT2D eigenvalue weighted by molar-refractivity contribution is 8.00. The molecule has 3 heteroatoms. The van der Waals surface area contributed by atoms with E-state index >= 15 is 0 Å². The Morgan fingerprint density at radius 3 is 2.46 bits per heavy atom. The van der Waals surface area contributed by atoms with Crippen LogP contribution in [0.15, 0.2) is 0 Å². The zero-order valence-electron chi connectivity index (χ0n) is 9.21. The van der Waals surface area contributed by atoms with Crippen molar-refractivity contribution in [3.05, 3.63) is 0 Å². The standard InChI is InChI=1S/C10H22N2S/c1-8(11)9(2)12-5-6-13-10(3,4)7-12/h8-9H,5-7,11H2,1-4H3. The number of nitrogens with two attached hydrogens (primary N) is 1. The molecule has 13 heavy (non-hydrogen) atoms. The zero-order chi connectivity index (χ0) is 10.1. The zero-order valence-corrected chi connectivity index (χ0v) is 10.0. The molecule has 2 nitrogen and oxygen atoms in total. The van der Waals surface area contributed by atoms with Crippen LogP contribution >= 0.6 is 11.8 Å². The van der Waals surface area contributed by atoms with Crippen LogP contribution in [0.25, 0.3) is 0 Å². The molecule has 1 fully saturated rings. The molecule has 0 spiro atoms. The fourth-order valence-corrected chi connectivity index (χ4v) is 2.87. The number of hydrogen-bond donors (Lipinski definition) is 1. The van der Waals surface area contributed by atoms with E-state index in [2.05, 4.69) is 44.4 Å². The fraction of sp³-hybridized carbons (Fsp3) is 1.00. The van der Waals surface area contributed by atoms with Crippen molar-refractivity contribution in [3.63, 3.8) is 0 Å². The molecule has 0 aromatic rings. The summed E-state index contributed by atoms with van der Waals surface area (Å²) in [7, 11) is 0. The highest BCUT2D eigenvalue weighted by Crippen LogP contribution is 2.30. The summed E-state index contributed by atoms with van der Waals surface area (Å²) in [5.41, 5.74) is 5.91. The van der Waals surface area contributed by atoms with E-state index in [0.717, 1.165) is 0 Å². The second-order valence-electron chi connectivity index (χ2n) is 4.68. The number of rotatable bonds is 2. The molecule has 0 aromatic carbocycles. The molecule has 0 amide bonds. The molecule has 2 N–H and O–H groups in total. The minimum atomic E-state index is 0.277. The average Bonchev–Trinajstić information content (AvgIpc) is 2.01. The molecule has 1 aliphatic heterocycles. The number of hydrogen-bond acceptors (Lipinski definition) is 3. The molecule has 1 heterocycles. The molecule has 0 bridgehead atoms. The molecule has 2 unspecified atom stereocenters. The Labute approximate surface area is 86.2 Å². The van der Waals surface area contributed by atoms with Crippen molar-refractivity contribution in [3.8, 4) is 0 Å². The number of nitrogens with zero attached hydrogens (tertiary/aromatic N) is 1. The smallest absolute Gasteiger partial charge is 0.0231 e. The summed E-state index contributed by atoms with van der Waals surface area (Å²) >= 11 is 2.07. The monoisotopic (exact) mass is 202 g/mol. The summed E-state index contributed by atoms with van der Waals surface area (Å²) in [6.45, 7) is 11.3. The molecule has 1 rings (SSSR count). The summed E-state index contributed by atoms with van der Waals surface area (Å²) in [5, 5.41) is 0. The van der Waals surface area contributed by atoms with Crippen LogP contribution in [-0.4, -0.2) is 40.6 Å². The van der Waals surface area contributed by atoms with E-state index in [1.165, 1.54) is 18.8 Å². The third kappa shape index (κ3) is 3.15. The maximum Gasteiger partial charge on any atom is 0.0231 e. The molecular formula is C10H22N2S. The van der Waals surface area contributed by atoms with E-state index in [9.17, 15) is 0 Å². The van der Waals surface area contributed by atoms with Gasteiger partial charge in [0.15, 0.2) is 0 Å². The van der Waals surface area contributed by atoms with Crippen LogP contribution < -0.4 is 5.73 Å². The first-order valence-electron chi connectivity index (χ1n) is 5.06. The maximum absolute atomic E-state index is 5.91. The summed E-state index contributed by atoms with van der Waals surface area (Å²) < 4.78 is 0.404. The average molecular weight is 202 g/mol. The van der Waals surface area contributed by atoms with Gasteiger partial charge in [-0.3, -0.25) is 4.90 Å². The lowest BCUT2D eigenvalue weighted by molar-refractivity contribution is 0.180. The van der Waals surface area contributed by atoms with Gasteiger partial charge in [-0.25, -0.2) is 0 Å². The van der Waals surface area contributed by atoms with Crippen molar-refractivity contribution >= 4 is 11.8 Å². The van der Waals surface area contributed by atoms with Gasteiger partial charge < -0.3 is 5.73 Å². The number of thioether (sulfide) groups is 1. The molecule has 0 aromatic heterocycles. The van der Waals surface area contributed by atoms with Crippen LogP contribution in [0.5, 0.6) is 0 Å². The van der Waals surface area contributed by atoms with Crippen LogP contribution in [0, 0.1) is 0 Å². The highest BCUT2D eigenvalue weighted by atomic mass is 32.2. The van der Waals surface area contributed by atoms with Crippen LogP contribution in [0.1, 0.15) is 27.7 Å². The summed E-state index contributed by atoms with van der Waals surface area (Å²) in [6.07, 6.45) is 0. The Kier molecular flexibility index (Phi) is 3.66. The molecule has 2 atom stereocenters. The van der Waals surface area contributed by atoms with E-state index in [4.69, 9.17) is 5.73 Å². The summed E-state index contributed by atoms with van der Waals surface area (Å²) in [6, 6.07) is 0.791. The molecule has 78 valence electrons. The Hall–Kier alpha value is 0.270. The molecule has 1 aliphatic rings. The Morgan fingerprint density at radius 1 is 1.38 bits per heavy atom. The van der Waals surface area contributed by atoms with Crippen LogP contribution in [0.4, 0.5) is 0 Å². The second kappa shape index (κ2) is 4.20. The van der Waals surface area contributed by atoms with Crippen LogP contribution in [0.2, 0.25) is 0 Å². The van der Waals surface area contributed by atoms with Crippen molar-refractivity contribution in [1.29, 1.82) is 0 Å². The topological polar surface area (TPSA) is 29.3 Å². The van der Waals surface area contributed by atoms with Crippen molar-refractivity contribution in [2.24, 2.45) is 5.73 Å². The minimum absolute atomic E-state index is 0.277. The third-order valence-corrected chi connectivity index (χ3v) is 4.09. The normalized spacial score (nSPS) is 28.4. The predicted octanol–water partition coefficient (Wildman–Crippen LogP) is 1.55. The first-order valence-corrected chi connectivity index (χ1v) is 6.04.